The maximum absolute atomic E-state index is 4.79. The van der Waals surface area contributed by atoms with Crippen molar-refractivity contribution in [3.05, 3.63) is 24.4 Å². The zero-order chi connectivity index (χ0) is 15.4. The van der Waals surface area contributed by atoms with Crippen LogP contribution in [-0.4, -0.2) is 46.9 Å². The molecule has 23 heavy (non-hydrogen) atoms. The number of anilines is 1. The van der Waals surface area contributed by atoms with Crippen molar-refractivity contribution in [3.63, 3.8) is 0 Å². The van der Waals surface area contributed by atoms with Gasteiger partial charge in [-0.15, -0.1) is 0 Å². The lowest BCUT2D eigenvalue weighted by Crippen LogP contribution is -2.40. The van der Waals surface area contributed by atoms with Crippen LogP contribution in [0.1, 0.15) is 44.6 Å². The Morgan fingerprint density at radius 2 is 1.74 bits per heavy atom. The molecule has 0 saturated carbocycles. The molecule has 2 bridgehead atoms. The molecule has 4 heteroatoms. The number of fused-ring (bicyclic) bond motifs is 3. The maximum atomic E-state index is 4.79. The number of hydrogen-bond acceptors (Lipinski definition) is 3. The summed E-state index contributed by atoms with van der Waals surface area (Å²) in [5.41, 5.74) is 2.69. The van der Waals surface area contributed by atoms with Gasteiger partial charge in [0.15, 0.2) is 0 Å². The minimum absolute atomic E-state index is 0.582. The van der Waals surface area contributed by atoms with Crippen LogP contribution in [0.25, 0.3) is 10.9 Å². The summed E-state index contributed by atoms with van der Waals surface area (Å²) in [5.74, 6) is 0. The third-order valence-corrected chi connectivity index (χ3v) is 6.47. The molecule has 0 spiro atoms. The average molecular weight is 310 g/mol. The summed E-state index contributed by atoms with van der Waals surface area (Å²) in [6, 6.07) is 9.06. The topological polar surface area (TPSA) is 24.3 Å². The van der Waals surface area contributed by atoms with Gasteiger partial charge in [0, 0.05) is 36.2 Å². The van der Waals surface area contributed by atoms with Gasteiger partial charge in [0.25, 0.3) is 0 Å². The molecular formula is C19H26N4. The molecule has 0 N–H and O–H groups in total. The molecule has 2 atom stereocenters. The van der Waals surface area contributed by atoms with Gasteiger partial charge in [-0.25, -0.2) is 0 Å². The first-order valence-corrected chi connectivity index (χ1v) is 9.24. The van der Waals surface area contributed by atoms with Crippen LogP contribution in [0.2, 0.25) is 0 Å². The van der Waals surface area contributed by atoms with Crippen LogP contribution >= 0.6 is 0 Å². The van der Waals surface area contributed by atoms with Gasteiger partial charge in [-0.3, -0.25) is 4.68 Å². The molecule has 1 aromatic heterocycles. The zero-order valence-corrected chi connectivity index (χ0v) is 14.0. The smallest absolute Gasteiger partial charge is 0.0687 e. The van der Waals surface area contributed by atoms with E-state index in [-0.39, 0.29) is 0 Å². The molecule has 0 amide bonds. The molecule has 3 aliphatic heterocycles. The Morgan fingerprint density at radius 1 is 1.00 bits per heavy atom. The van der Waals surface area contributed by atoms with Gasteiger partial charge >= 0.3 is 0 Å². The largest absolute Gasteiger partial charge is 0.372 e. The Bertz CT molecular complexity index is 701. The van der Waals surface area contributed by atoms with E-state index >= 15 is 0 Å². The number of rotatable bonds is 2. The van der Waals surface area contributed by atoms with E-state index in [2.05, 4.69) is 45.9 Å². The van der Waals surface area contributed by atoms with Gasteiger partial charge in [-0.2, -0.15) is 5.10 Å². The molecule has 1 aromatic carbocycles. The normalized spacial score (nSPS) is 31.3. The second-order valence-electron chi connectivity index (χ2n) is 7.70. The Hall–Kier alpha value is -1.55. The van der Waals surface area contributed by atoms with E-state index in [1.54, 1.807) is 0 Å². The molecule has 2 aromatic rings. The van der Waals surface area contributed by atoms with Crippen LogP contribution in [0.3, 0.4) is 0 Å². The highest BCUT2D eigenvalue weighted by molar-refractivity contribution is 5.83. The average Bonchev–Trinajstić information content (AvgIpc) is 3.26. The third kappa shape index (κ3) is 2.18. The van der Waals surface area contributed by atoms with Gasteiger partial charge < -0.3 is 9.80 Å². The van der Waals surface area contributed by atoms with Crippen molar-refractivity contribution in [2.75, 3.05) is 25.0 Å². The predicted octanol–water partition coefficient (Wildman–Crippen LogP) is 3.43. The number of benzene rings is 1. The molecule has 0 aliphatic carbocycles. The third-order valence-electron chi connectivity index (χ3n) is 6.47. The minimum Gasteiger partial charge on any atom is -0.372 e. The van der Waals surface area contributed by atoms with Crippen molar-refractivity contribution in [3.8, 4) is 0 Å². The molecule has 4 heterocycles. The standard InChI is InChI=1S/C19H26N4/c1-21-15-4-5-16(21)12-18(11-15)23-19-7-6-17(10-14(19)13-20-23)22-8-2-3-9-22/h6-7,10,13,15-16,18H,2-5,8-9,11-12H2,1H3. The summed E-state index contributed by atoms with van der Waals surface area (Å²) < 4.78 is 2.32. The summed E-state index contributed by atoms with van der Waals surface area (Å²) in [6.45, 7) is 2.41. The van der Waals surface area contributed by atoms with E-state index in [9.17, 15) is 0 Å². The highest BCUT2D eigenvalue weighted by atomic mass is 15.3. The molecule has 4 nitrogen and oxygen atoms in total. The summed E-state index contributed by atoms with van der Waals surface area (Å²) in [6.07, 6.45) is 10.0. The second kappa shape index (κ2) is 5.23. The fraction of sp³-hybridized carbons (Fsp3) is 0.632. The minimum atomic E-state index is 0.582. The van der Waals surface area contributed by atoms with Crippen molar-refractivity contribution in [1.29, 1.82) is 0 Å². The Kier molecular flexibility index (Phi) is 3.15. The molecule has 0 radical (unpaired) electrons. The van der Waals surface area contributed by atoms with E-state index < -0.39 is 0 Å². The van der Waals surface area contributed by atoms with E-state index in [1.165, 1.54) is 68.2 Å². The van der Waals surface area contributed by atoms with Crippen LogP contribution in [0.5, 0.6) is 0 Å². The maximum Gasteiger partial charge on any atom is 0.0687 e. The zero-order valence-electron chi connectivity index (χ0n) is 14.0. The van der Waals surface area contributed by atoms with Gasteiger partial charge in [0.2, 0.25) is 0 Å². The Labute approximate surface area is 138 Å². The quantitative estimate of drug-likeness (QED) is 0.849. The fourth-order valence-electron chi connectivity index (χ4n) is 5.09. The van der Waals surface area contributed by atoms with Gasteiger partial charge in [-0.05, 0) is 63.8 Å². The van der Waals surface area contributed by atoms with E-state index in [4.69, 9.17) is 5.10 Å². The molecule has 3 saturated heterocycles. The summed E-state index contributed by atoms with van der Waals surface area (Å²) in [7, 11) is 2.31. The van der Waals surface area contributed by atoms with Gasteiger partial charge in [0.1, 0.15) is 0 Å². The lowest BCUT2D eigenvalue weighted by Gasteiger charge is -2.36. The monoisotopic (exact) mass is 310 g/mol. The van der Waals surface area contributed by atoms with Gasteiger partial charge in [-0.1, -0.05) is 0 Å². The Balaban J connectivity index is 1.46. The van der Waals surface area contributed by atoms with Crippen LogP contribution in [0.15, 0.2) is 24.4 Å². The highest BCUT2D eigenvalue weighted by Gasteiger charge is 2.39. The SMILES string of the molecule is CN1C2CCC1CC(n1ncc3cc(N4CCCC4)ccc31)C2. The predicted molar refractivity (Wildman–Crippen MR) is 94.0 cm³/mol. The lowest BCUT2D eigenvalue weighted by molar-refractivity contribution is 0.133. The van der Waals surface area contributed by atoms with E-state index in [1.807, 2.05) is 0 Å². The number of piperidine rings is 1. The van der Waals surface area contributed by atoms with E-state index in [0.717, 1.165) is 12.1 Å². The first-order chi connectivity index (χ1) is 11.3. The molecule has 5 rings (SSSR count). The van der Waals surface area contributed by atoms with Crippen LogP contribution in [0.4, 0.5) is 5.69 Å². The van der Waals surface area contributed by atoms with Crippen LogP contribution < -0.4 is 4.90 Å². The van der Waals surface area contributed by atoms with Crippen molar-refractivity contribution in [1.82, 2.24) is 14.7 Å². The van der Waals surface area contributed by atoms with Crippen molar-refractivity contribution in [2.24, 2.45) is 0 Å². The molecule has 3 aliphatic rings. The number of aromatic nitrogens is 2. The first kappa shape index (κ1) is 13.8. The fourth-order valence-corrected chi connectivity index (χ4v) is 5.09. The molecule has 3 fully saturated rings. The van der Waals surface area contributed by atoms with Crippen molar-refractivity contribution >= 4 is 16.6 Å². The van der Waals surface area contributed by atoms with Crippen molar-refractivity contribution in [2.45, 2.75) is 56.7 Å². The Morgan fingerprint density at radius 3 is 2.48 bits per heavy atom. The summed E-state index contributed by atoms with van der Waals surface area (Å²) in [4.78, 5) is 5.11. The molecular weight excluding hydrogens is 284 g/mol. The number of nitrogens with zero attached hydrogens (tertiary/aromatic N) is 4. The van der Waals surface area contributed by atoms with Crippen molar-refractivity contribution < 1.29 is 0 Å². The van der Waals surface area contributed by atoms with Gasteiger partial charge in [0.05, 0.1) is 17.8 Å². The number of hydrogen-bond donors (Lipinski definition) is 0. The van der Waals surface area contributed by atoms with Crippen LogP contribution in [0, 0.1) is 0 Å². The van der Waals surface area contributed by atoms with Crippen LogP contribution in [-0.2, 0) is 0 Å². The lowest BCUT2D eigenvalue weighted by atomic mass is 9.98. The van der Waals surface area contributed by atoms with E-state index in [0.29, 0.717) is 6.04 Å². The highest BCUT2D eigenvalue weighted by Crippen LogP contribution is 2.40. The second-order valence-corrected chi connectivity index (χ2v) is 7.70. The molecule has 2 unspecified atom stereocenters. The molecule has 122 valence electrons. The summed E-state index contributed by atoms with van der Waals surface area (Å²) in [5, 5.41) is 6.09. The first-order valence-electron chi connectivity index (χ1n) is 9.24. The summed E-state index contributed by atoms with van der Waals surface area (Å²) >= 11 is 0.